The summed E-state index contributed by atoms with van der Waals surface area (Å²) in [5.41, 5.74) is 19.1. The molecular weight excluding hydrogens is 773 g/mol. The fraction of sp³-hybridized carbons (Fsp3) is 0.129. The van der Waals surface area contributed by atoms with Crippen LogP contribution in [-0.2, 0) is 10.8 Å². The van der Waals surface area contributed by atoms with Gasteiger partial charge in [-0.1, -0.05) is 199 Å². The predicted molar refractivity (Wildman–Crippen MR) is 275 cm³/mol. The summed E-state index contributed by atoms with van der Waals surface area (Å²) in [5, 5.41) is 0. The van der Waals surface area contributed by atoms with Crippen LogP contribution in [0.25, 0.3) is 44.5 Å². The van der Waals surface area contributed by atoms with Gasteiger partial charge in [-0.05, 0) is 139 Å². The van der Waals surface area contributed by atoms with E-state index in [1.807, 2.05) is 0 Å². The summed E-state index contributed by atoms with van der Waals surface area (Å²) in [4.78, 5) is 4.69. The van der Waals surface area contributed by atoms with Crippen molar-refractivity contribution in [2.24, 2.45) is 0 Å². The molecule has 9 aromatic rings. The van der Waals surface area contributed by atoms with E-state index in [2.05, 4.69) is 282 Å². The first-order valence-corrected chi connectivity index (χ1v) is 22.4. The van der Waals surface area contributed by atoms with E-state index in [4.69, 9.17) is 0 Å². The smallest absolute Gasteiger partial charge is 0.0462 e. The van der Waals surface area contributed by atoms with Gasteiger partial charge < -0.3 is 9.80 Å². The zero-order valence-corrected chi connectivity index (χ0v) is 37.8. The monoisotopic (exact) mass is 828 g/mol. The van der Waals surface area contributed by atoms with Crippen molar-refractivity contribution < 1.29 is 0 Å². The molecule has 0 aliphatic rings. The van der Waals surface area contributed by atoms with Crippen LogP contribution in [0.2, 0.25) is 0 Å². The van der Waals surface area contributed by atoms with Crippen molar-refractivity contribution in [3.63, 3.8) is 0 Å². The van der Waals surface area contributed by atoms with Crippen LogP contribution in [0, 0.1) is 0 Å². The zero-order valence-electron chi connectivity index (χ0n) is 37.8. The summed E-state index contributed by atoms with van der Waals surface area (Å²) in [6.07, 6.45) is 0. The third kappa shape index (κ3) is 9.19. The maximum absolute atomic E-state index is 2.35. The topological polar surface area (TPSA) is 6.48 Å². The Balaban J connectivity index is 0.968. The van der Waals surface area contributed by atoms with Crippen LogP contribution in [0.3, 0.4) is 0 Å². The second kappa shape index (κ2) is 17.8. The van der Waals surface area contributed by atoms with Crippen molar-refractivity contribution in [3.05, 3.63) is 242 Å². The van der Waals surface area contributed by atoms with Gasteiger partial charge in [0.15, 0.2) is 0 Å². The number of hydrogen-bond acceptors (Lipinski definition) is 2. The minimum absolute atomic E-state index is 0.0818. The van der Waals surface area contributed by atoms with Gasteiger partial charge in [-0.2, -0.15) is 0 Å². The van der Waals surface area contributed by atoms with Crippen molar-refractivity contribution in [3.8, 4) is 44.5 Å². The van der Waals surface area contributed by atoms with Gasteiger partial charge in [-0.25, -0.2) is 0 Å². The molecule has 64 heavy (non-hydrogen) atoms. The second-order valence-corrected chi connectivity index (χ2v) is 18.8. The van der Waals surface area contributed by atoms with Crippen LogP contribution in [0.1, 0.15) is 52.7 Å². The fourth-order valence-corrected chi connectivity index (χ4v) is 8.44. The number of anilines is 6. The first kappa shape index (κ1) is 41.9. The highest BCUT2D eigenvalue weighted by Gasteiger charge is 2.19. The molecule has 9 aromatic carbocycles. The Kier molecular flexibility index (Phi) is 11.6. The number of nitrogens with zero attached hydrogens (tertiary/aromatic N) is 2. The lowest BCUT2D eigenvalue weighted by molar-refractivity contribution is 0.590. The van der Waals surface area contributed by atoms with Crippen molar-refractivity contribution in [1.82, 2.24) is 0 Å². The highest BCUT2D eigenvalue weighted by molar-refractivity contribution is 5.82. The van der Waals surface area contributed by atoms with E-state index in [0.29, 0.717) is 0 Å². The Hall–Kier alpha value is -7.42. The molecule has 0 aliphatic heterocycles. The van der Waals surface area contributed by atoms with Gasteiger partial charge in [-0.3, -0.25) is 0 Å². The molecule has 0 saturated carbocycles. The molecule has 0 heterocycles. The third-order valence-electron chi connectivity index (χ3n) is 12.3. The Morgan fingerprint density at radius 2 is 0.375 bits per heavy atom. The maximum atomic E-state index is 2.35. The lowest BCUT2D eigenvalue weighted by Crippen LogP contribution is -2.13. The van der Waals surface area contributed by atoms with Crippen LogP contribution in [0.4, 0.5) is 34.1 Å². The molecule has 0 fully saturated rings. The molecular formula is C62H56N2. The van der Waals surface area contributed by atoms with E-state index in [1.165, 1.54) is 55.6 Å². The Labute approximate surface area is 380 Å². The van der Waals surface area contributed by atoms with Crippen LogP contribution in [0.5, 0.6) is 0 Å². The SMILES string of the molecule is CC(C)(C)c1ccc(N(c2ccc(-c3ccccc3)cc2)c2ccc(-c3ccc(-c4ccc(N(c5ccc(-c6ccccc6)cc5)c5ccc(C(C)(C)C)cc5)cc4)cc3)cc2)cc1. The first-order chi connectivity index (χ1) is 31.0. The molecule has 0 saturated heterocycles. The average molecular weight is 829 g/mol. The van der Waals surface area contributed by atoms with E-state index in [0.717, 1.165) is 34.1 Å². The summed E-state index contributed by atoms with van der Waals surface area (Å²) in [5.74, 6) is 0. The van der Waals surface area contributed by atoms with Crippen molar-refractivity contribution in [1.29, 1.82) is 0 Å². The van der Waals surface area contributed by atoms with Gasteiger partial charge in [0.25, 0.3) is 0 Å². The summed E-state index contributed by atoms with van der Waals surface area (Å²) < 4.78 is 0. The summed E-state index contributed by atoms with van der Waals surface area (Å²) in [6, 6.07) is 83.8. The maximum Gasteiger partial charge on any atom is 0.0462 e. The van der Waals surface area contributed by atoms with E-state index >= 15 is 0 Å². The lowest BCUT2D eigenvalue weighted by Gasteiger charge is -2.27. The molecule has 314 valence electrons. The average Bonchev–Trinajstić information content (AvgIpc) is 3.33. The quantitative estimate of drug-likeness (QED) is 0.135. The summed E-state index contributed by atoms with van der Waals surface area (Å²) >= 11 is 0. The van der Waals surface area contributed by atoms with Crippen LogP contribution >= 0.6 is 0 Å². The highest BCUT2D eigenvalue weighted by Crippen LogP contribution is 2.40. The van der Waals surface area contributed by atoms with Gasteiger partial charge in [-0.15, -0.1) is 0 Å². The molecule has 2 nitrogen and oxygen atoms in total. The Morgan fingerprint density at radius 1 is 0.203 bits per heavy atom. The van der Waals surface area contributed by atoms with Gasteiger partial charge in [0.2, 0.25) is 0 Å². The molecule has 0 unspecified atom stereocenters. The Morgan fingerprint density at radius 3 is 0.578 bits per heavy atom. The van der Waals surface area contributed by atoms with E-state index < -0.39 is 0 Å². The van der Waals surface area contributed by atoms with Gasteiger partial charge in [0.1, 0.15) is 0 Å². The first-order valence-electron chi connectivity index (χ1n) is 22.4. The minimum Gasteiger partial charge on any atom is -0.311 e. The number of hydrogen-bond donors (Lipinski definition) is 0. The molecule has 0 amide bonds. The molecule has 2 heteroatoms. The van der Waals surface area contributed by atoms with Crippen molar-refractivity contribution >= 4 is 34.1 Å². The normalized spacial score (nSPS) is 11.6. The fourth-order valence-electron chi connectivity index (χ4n) is 8.44. The number of rotatable bonds is 10. The lowest BCUT2D eigenvalue weighted by atomic mass is 9.87. The zero-order chi connectivity index (χ0) is 44.3. The summed E-state index contributed by atoms with van der Waals surface area (Å²) in [7, 11) is 0. The molecule has 0 radical (unpaired) electrons. The van der Waals surface area contributed by atoms with Gasteiger partial charge in [0, 0.05) is 34.1 Å². The third-order valence-corrected chi connectivity index (χ3v) is 12.3. The van der Waals surface area contributed by atoms with Gasteiger partial charge >= 0.3 is 0 Å². The second-order valence-electron chi connectivity index (χ2n) is 18.8. The largest absolute Gasteiger partial charge is 0.311 e. The molecule has 0 bridgehead atoms. The van der Waals surface area contributed by atoms with Crippen LogP contribution < -0.4 is 9.80 Å². The molecule has 0 atom stereocenters. The molecule has 0 N–H and O–H groups in total. The molecule has 0 aliphatic carbocycles. The predicted octanol–water partition coefficient (Wildman–Crippen LogP) is 17.9. The van der Waals surface area contributed by atoms with Crippen LogP contribution in [-0.4, -0.2) is 0 Å². The minimum atomic E-state index is 0.0818. The standard InChI is InChI=1S/C62H56N2/c1-61(2,3)53-29-41-59(42-30-53)63(55-33-21-49(22-34-55)45-13-9-7-10-14-45)57-37-25-51(26-38-57)47-17-19-48(20-18-47)52-27-39-58(40-28-52)64(60-43-31-54(32-44-60)62(4,5)6)56-35-23-50(24-36-56)46-15-11-8-12-16-46/h7-44H,1-6H3. The Bertz CT molecular complexity index is 2690. The van der Waals surface area contributed by atoms with E-state index in [-0.39, 0.29) is 10.8 Å². The van der Waals surface area contributed by atoms with Crippen molar-refractivity contribution in [2.45, 2.75) is 52.4 Å². The molecule has 0 aromatic heterocycles. The number of benzene rings is 9. The van der Waals surface area contributed by atoms with E-state index in [1.54, 1.807) is 0 Å². The molecule has 0 spiro atoms. The van der Waals surface area contributed by atoms with Crippen LogP contribution in [0.15, 0.2) is 231 Å². The summed E-state index contributed by atoms with van der Waals surface area (Å²) in [6.45, 7) is 13.6. The van der Waals surface area contributed by atoms with E-state index in [9.17, 15) is 0 Å². The highest BCUT2D eigenvalue weighted by atomic mass is 15.1. The van der Waals surface area contributed by atoms with Gasteiger partial charge in [0.05, 0.1) is 0 Å². The molecule has 9 rings (SSSR count). The van der Waals surface area contributed by atoms with Crippen molar-refractivity contribution in [2.75, 3.05) is 9.80 Å².